The summed E-state index contributed by atoms with van der Waals surface area (Å²) in [6.07, 6.45) is 11.4. The SMILES string of the molecule is CCC(Oc1cccc(C)c1)C(=O)O[C@H]1C[C@H](O[Si](C)(C)C(C)(C)C)C=C2C=C[C@H](C)[C@H](CC[C@@H]3C[C@H](O[Si](C)(C)C(C)(C)C)CCO3)[C@H]21. The minimum absolute atomic E-state index is 0.0785. The van der Waals surface area contributed by atoms with E-state index in [0.717, 1.165) is 37.9 Å². The third-order valence-corrected chi connectivity index (χ3v) is 21.2. The highest BCUT2D eigenvalue weighted by Gasteiger charge is 2.46. The summed E-state index contributed by atoms with van der Waals surface area (Å²) in [5.41, 5.74) is 2.34. The summed E-state index contributed by atoms with van der Waals surface area (Å²) in [6.45, 7) is 30.1. The third kappa shape index (κ3) is 10.2. The van der Waals surface area contributed by atoms with Gasteiger partial charge in [0.2, 0.25) is 0 Å². The third-order valence-electron chi connectivity index (χ3n) is 12.2. The van der Waals surface area contributed by atoms with Gasteiger partial charge >= 0.3 is 5.97 Å². The summed E-state index contributed by atoms with van der Waals surface area (Å²) in [7, 11) is -3.92. The van der Waals surface area contributed by atoms with Crippen LogP contribution in [-0.2, 0) is 23.1 Å². The Bertz CT molecular complexity index is 1320. The summed E-state index contributed by atoms with van der Waals surface area (Å²) < 4.78 is 33.0. The smallest absolute Gasteiger partial charge is 0.347 e. The molecule has 0 saturated carbocycles. The largest absolute Gasteiger partial charge is 0.479 e. The summed E-state index contributed by atoms with van der Waals surface area (Å²) in [4.78, 5) is 13.9. The average Bonchev–Trinajstić information content (AvgIpc) is 2.98. The quantitative estimate of drug-likeness (QED) is 0.159. The van der Waals surface area contributed by atoms with Crippen molar-refractivity contribution in [3.63, 3.8) is 0 Å². The van der Waals surface area contributed by atoms with Gasteiger partial charge < -0.3 is 23.1 Å². The van der Waals surface area contributed by atoms with Crippen molar-refractivity contribution in [2.24, 2.45) is 17.8 Å². The molecule has 1 aromatic rings. The van der Waals surface area contributed by atoms with E-state index in [-0.39, 0.29) is 46.4 Å². The van der Waals surface area contributed by atoms with Gasteiger partial charge in [0.1, 0.15) is 11.9 Å². The molecule has 8 atom stereocenters. The first-order chi connectivity index (χ1) is 22.7. The number of hydrogen-bond donors (Lipinski definition) is 0. The first-order valence-corrected chi connectivity index (χ1v) is 24.8. The molecular formula is C41H68O6Si2. The molecule has 276 valence electrons. The summed E-state index contributed by atoms with van der Waals surface area (Å²) in [5, 5.41) is 0.268. The molecule has 1 aromatic carbocycles. The lowest BCUT2D eigenvalue weighted by molar-refractivity contribution is -0.163. The molecule has 8 heteroatoms. The van der Waals surface area contributed by atoms with Crippen LogP contribution in [0.25, 0.3) is 0 Å². The van der Waals surface area contributed by atoms with Crippen LogP contribution in [-0.4, -0.2) is 59.7 Å². The Balaban J connectivity index is 1.55. The van der Waals surface area contributed by atoms with Gasteiger partial charge in [0.15, 0.2) is 22.7 Å². The Morgan fingerprint density at radius 3 is 2.29 bits per heavy atom. The first-order valence-electron chi connectivity index (χ1n) is 19.0. The molecule has 0 aromatic heterocycles. The van der Waals surface area contributed by atoms with E-state index in [1.54, 1.807) is 0 Å². The lowest BCUT2D eigenvalue weighted by atomic mass is 9.66. The molecule has 0 bridgehead atoms. The van der Waals surface area contributed by atoms with E-state index < -0.39 is 22.7 Å². The van der Waals surface area contributed by atoms with Crippen molar-refractivity contribution in [1.82, 2.24) is 0 Å². The standard InChI is InChI=1S/C41H68O6Si2/c1-14-36(44-32-17-15-16-28(2)24-32)39(42)45-37-27-34(47-49(12,13)41(7,8)9)25-30-19-18-29(3)35(38(30)37)21-20-31-26-33(22-23-43-31)46-48(10,11)40(4,5)6/h15-19,24-25,29,31,33-38H,14,20-23,26-27H2,1-13H3/t29-,31+,33+,34+,35-,36?,37-,38-/m0/s1. The van der Waals surface area contributed by atoms with Crippen LogP contribution in [0.5, 0.6) is 5.75 Å². The van der Waals surface area contributed by atoms with Crippen molar-refractivity contribution < 1.29 is 27.9 Å². The summed E-state index contributed by atoms with van der Waals surface area (Å²) in [6, 6.07) is 7.87. The van der Waals surface area contributed by atoms with Crippen molar-refractivity contribution in [3.8, 4) is 5.75 Å². The van der Waals surface area contributed by atoms with Crippen LogP contribution in [0.15, 0.2) is 48.1 Å². The molecular weight excluding hydrogens is 645 g/mol. The van der Waals surface area contributed by atoms with E-state index in [9.17, 15) is 4.79 Å². The highest BCUT2D eigenvalue weighted by atomic mass is 28.4. The van der Waals surface area contributed by atoms with Crippen molar-refractivity contribution in [2.75, 3.05) is 6.61 Å². The second kappa shape index (κ2) is 15.9. The average molecular weight is 713 g/mol. The minimum atomic E-state index is -2.07. The van der Waals surface area contributed by atoms with Crippen LogP contribution in [0.2, 0.25) is 36.3 Å². The first kappa shape index (κ1) is 40.1. The van der Waals surface area contributed by atoms with Gasteiger partial charge in [-0.1, -0.05) is 85.8 Å². The lowest BCUT2D eigenvalue weighted by Crippen LogP contribution is -2.49. The second-order valence-corrected chi connectivity index (χ2v) is 27.6. The molecule has 0 spiro atoms. The maximum Gasteiger partial charge on any atom is 0.347 e. The van der Waals surface area contributed by atoms with Gasteiger partial charge in [0.25, 0.3) is 0 Å². The van der Waals surface area contributed by atoms with Gasteiger partial charge in [-0.25, -0.2) is 4.79 Å². The number of ether oxygens (including phenoxy) is 3. The number of rotatable bonds is 12. The van der Waals surface area contributed by atoms with Crippen LogP contribution < -0.4 is 4.74 Å². The zero-order valence-corrected chi connectivity index (χ0v) is 35.1. The number of carbonyl (C=O) groups is 1. The predicted molar refractivity (Wildman–Crippen MR) is 206 cm³/mol. The molecule has 3 aliphatic rings. The fraction of sp³-hybridized carbons (Fsp3) is 0.732. The van der Waals surface area contributed by atoms with Gasteiger partial charge in [-0.05, 0) is 110 Å². The maximum atomic E-state index is 13.9. The molecule has 0 N–H and O–H groups in total. The number of fused-ring (bicyclic) bond motifs is 1. The maximum absolute atomic E-state index is 13.9. The molecule has 1 fully saturated rings. The number of esters is 1. The minimum Gasteiger partial charge on any atom is -0.479 e. The normalized spacial score (nSPS) is 28.8. The molecule has 0 radical (unpaired) electrons. The molecule has 2 aliphatic carbocycles. The van der Waals surface area contributed by atoms with Gasteiger partial charge in [0.05, 0.1) is 12.2 Å². The Morgan fingerprint density at radius 1 is 0.980 bits per heavy atom. The zero-order chi connectivity index (χ0) is 36.4. The van der Waals surface area contributed by atoms with E-state index in [1.807, 2.05) is 38.1 Å². The van der Waals surface area contributed by atoms with Gasteiger partial charge in [-0.15, -0.1) is 0 Å². The summed E-state index contributed by atoms with van der Waals surface area (Å²) >= 11 is 0. The number of allylic oxidation sites excluding steroid dienone is 2. The second-order valence-electron chi connectivity index (χ2n) is 18.1. The Kier molecular flexibility index (Phi) is 13.0. The number of benzene rings is 1. The van der Waals surface area contributed by atoms with Crippen LogP contribution in [0, 0.1) is 24.7 Å². The number of hydrogen-bond acceptors (Lipinski definition) is 6. The van der Waals surface area contributed by atoms with Gasteiger partial charge in [0, 0.05) is 25.0 Å². The number of carbonyl (C=O) groups excluding carboxylic acids is 1. The van der Waals surface area contributed by atoms with Gasteiger partial charge in [-0.3, -0.25) is 0 Å². The molecule has 4 rings (SSSR count). The van der Waals surface area contributed by atoms with E-state index >= 15 is 0 Å². The summed E-state index contributed by atoms with van der Waals surface area (Å²) in [5.74, 6) is 1.19. The van der Waals surface area contributed by atoms with E-state index in [4.69, 9.17) is 23.1 Å². The molecule has 1 saturated heterocycles. The van der Waals surface area contributed by atoms with Crippen LogP contribution in [0.3, 0.4) is 0 Å². The predicted octanol–water partition coefficient (Wildman–Crippen LogP) is 10.6. The molecule has 49 heavy (non-hydrogen) atoms. The molecule has 1 heterocycles. The lowest BCUT2D eigenvalue weighted by Gasteiger charge is -2.46. The molecule has 1 aliphatic heterocycles. The van der Waals surface area contributed by atoms with Crippen LogP contribution in [0.4, 0.5) is 0 Å². The van der Waals surface area contributed by atoms with Crippen molar-refractivity contribution in [2.45, 2.75) is 168 Å². The topological polar surface area (TPSA) is 63.2 Å². The number of aryl methyl sites for hydroxylation is 1. The van der Waals surface area contributed by atoms with Crippen molar-refractivity contribution in [3.05, 3.63) is 53.6 Å². The van der Waals surface area contributed by atoms with E-state index in [2.05, 4.69) is 92.9 Å². The van der Waals surface area contributed by atoms with Crippen molar-refractivity contribution in [1.29, 1.82) is 0 Å². The Hall–Kier alpha value is -1.72. The molecule has 0 amide bonds. The Labute approximate surface area is 301 Å². The van der Waals surface area contributed by atoms with Crippen LogP contribution >= 0.6 is 0 Å². The van der Waals surface area contributed by atoms with Gasteiger partial charge in [-0.2, -0.15) is 0 Å². The fourth-order valence-corrected chi connectivity index (χ4v) is 9.78. The van der Waals surface area contributed by atoms with Crippen molar-refractivity contribution >= 4 is 22.6 Å². The highest BCUT2D eigenvalue weighted by Crippen LogP contribution is 2.47. The Morgan fingerprint density at radius 2 is 1.65 bits per heavy atom. The van der Waals surface area contributed by atoms with Crippen LogP contribution in [0.1, 0.15) is 99.5 Å². The molecule has 1 unspecified atom stereocenters. The van der Waals surface area contributed by atoms with E-state index in [0.29, 0.717) is 30.4 Å². The monoisotopic (exact) mass is 712 g/mol. The fourth-order valence-electron chi connectivity index (χ4n) is 7.11. The highest BCUT2D eigenvalue weighted by molar-refractivity contribution is 6.74. The van der Waals surface area contributed by atoms with E-state index in [1.165, 1.54) is 5.57 Å². The zero-order valence-electron chi connectivity index (χ0n) is 33.1. The molecule has 6 nitrogen and oxygen atoms in total.